The average Bonchev–Trinajstić information content (AvgIpc) is 2.29. The third-order valence-corrected chi connectivity index (χ3v) is 4.26. The van der Waals surface area contributed by atoms with Gasteiger partial charge < -0.3 is 10.0 Å². The molecule has 0 spiro atoms. The Morgan fingerprint density at radius 1 is 1.35 bits per heavy atom. The molecule has 0 atom stereocenters. The number of hydrogen-bond donors (Lipinski definition) is 1. The zero-order chi connectivity index (χ0) is 12.4. The average molecular weight is 253 g/mol. The molecule has 2 rings (SSSR count). The lowest BCUT2D eigenvalue weighted by Gasteiger charge is -2.28. The van der Waals surface area contributed by atoms with Gasteiger partial charge in [-0.05, 0) is 30.7 Å². The molecule has 0 radical (unpaired) electrons. The molecule has 4 nitrogen and oxygen atoms in total. The number of hydrogen-bond acceptors (Lipinski definition) is 3. The van der Waals surface area contributed by atoms with Crippen molar-refractivity contribution in [2.24, 2.45) is 0 Å². The Labute approximate surface area is 103 Å². The predicted molar refractivity (Wildman–Crippen MR) is 68.2 cm³/mol. The minimum Gasteiger partial charge on any atom is -0.478 e. The SMILES string of the molecule is Cc1cc(N2CCS(=O)CC2)ccc1C(=O)O. The normalized spacial score (nSPS) is 17.1. The van der Waals surface area contributed by atoms with Crippen molar-refractivity contribution in [2.75, 3.05) is 29.5 Å². The molecular formula is C12H15NO3S. The summed E-state index contributed by atoms with van der Waals surface area (Å²) in [7, 11) is -0.688. The molecule has 0 bridgehead atoms. The van der Waals surface area contributed by atoms with E-state index in [0.717, 1.165) is 24.3 Å². The van der Waals surface area contributed by atoms with E-state index in [1.165, 1.54) is 0 Å². The summed E-state index contributed by atoms with van der Waals surface area (Å²) in [6.07, 6.45) is 0. The summed E-state index contributed by atoms with van der Waals surface area (Å²) in [5.74, 6) is 0.494. The van der Waals surface area contributed by atoms with Crippen LogP contribution in [-0.4, -0.2) is 39.9 Å². The van der Waals surface area contributed by atoms with E-state index < -0.39 is 16.8 Å². The lowest BCUT2D eigenvalue weighted by Crippen LogP contribution is -2.37. The lowest BCUT2D eigenvalue weighted by atomic mass is 10.1. The van der Waals surface area contributed by atoms with Crippen LogP contribution in [0.25, 0.3) is 0 Å². The van der Waals surface area contributed by atoms with Gasteiger partial charge in [-0.25, -0.2) is 4.79 Å². The summed E-state index contributed by atoms with van der Waals surface area (Å²) < 4.78 is 11.3. The van der Waals surface area contributed by atoms with Crippen LogP contribution < -0.4 is 4.90 Å². The molecule has 0 amide bonds. The van der Waals surface area contributed by atoms with Crippen molar-refractivity contribution < 1.29 is 14.1 Å². The van der Waals surface area contributed by atoms with Crippen molar-refractivity contribution in [1.82, 2.24) is 0 Å². The van der Waals surface area contributed by atoms with Crippen molar-refractivity contribution in [3.63, 3.8) is 0 Å². The van der Waals surface area contributed by atoms with E-state index in [9.17, 15) is 9.00 Å². The number of benzene rings is 1. The maximum absolute atomic E-state index is 11.3. The monoisotopic (exact) mass is 253 g/mol. The summed E-state index contributed by atoms with van der Waals surface area (Å²) in [4.78, 5) is 13.1. The highest BCUT2D eigenvalue weighted by Gasteiger charge is 2.16. The van der Waals surface area contributed by atoms with Crippen molar-refractivity contribution in [3.05, 3.63) is 29.3 Å². The van der Waals surface area contributed by atoms with Gasteiger partial charge in [-0.2, -0.15) is 0 Å². The van der Waals surface area contributed by atoms with E-state index in [-0.39, 0.29) is 0 Å². The summed E-state index contributed by atoms with van der Waals surface area (Å²) in [5.41, 5.74) is 2.13. The van der Waals surface area contributed by atoms with Crippen molar-refractivity contribution in [3.8, 4) is 0 Å². The summed E-state index contributed by atoms with van der Waals surface area (Å²) in [5, 5.41) is 8.95. The largest absolute Gasteiger partial charge is 0.478 e. The molecule has 1 aromatic carbocycles. The highest BCUT2D eigenvalue weighted by Crippen LogP contribution is 2.20. The van der Waals surface area contributed by atoms with Crippen molar-refractivity contribution in [1.29, 1.82) is 0 Å². The molecule has 1 fully saturated rings. The van der Waals surface area contributed by atoms with Gasteiger partial charge >= 0.3 is 5.97 Å². The van der Waals surface area contributed by atoms with E-state index in [0.29, 0.717) is 17.1 Å². The first-order valence-electron chi connectivity index (χ1n) is 5.52. The number of carboxylic acid groups (broad SMARTS) is 1. The van der Waals surface area contributed by atoms with E-state index in [1.807, 2.05) is 12.1 Å². The minimum atomic E-state index is -0.895. The number of nitrogens with zero attached hydrogens (tertiary/aromatic N) is 1. The highest BCUT2D eigenvalue weighted by molar-refractivity contribution is 7.85. The molecule has 1 saturated heterocycles. The number of carbonyl (C=O) groups is 1. The molecular weight excluding hydrogens is 238 g/mol. The quantitative estimate of drug-likeness (QED) is 0.862. The molecule has 1 aromatic rings. The van der Waals surface area contributed by atoms with Crippen LogP contribution in [0.15, 0.2) is 18.2 Å². The molecule has 1 N–H and O–H groups in total. The molecule has 0 aromatic heterocycles. The van der Waals surface area contributed by atoms with E-state index >= 15 is 0 Å². The first-order valence-corrected chi connectivity index (χ1v) is 7.00. The van der Waals surface area contributed by atoms with Gasteiger partial charge in [0.1, 0.15) is 0 Å². The summed E-state index contributed by atoms with van der Waals surface area (Å²) >= 11 is 0. The van der Waals surface area contributed by atoms with Gasteiger partial charge in [0, 0.05) is 41.1 Å². The predicted octanol–water partition coefficient (Wildman–Crippen LogP) is 1.26. The Balaban J connectivity index is 2.20. The maximum Gasteiger partial charge on any atom is 0.335 e. The Hall–Kier alpha value is -1.36. The van der Waals surface area contributed by atoms with Crippen LogP contribution in [0.4, 0.5) is 5.69 Å². The van der Waals surface area contributed by atoms with Crippen molar-refractivity contribution in [2.45, 2.75) is 6.92 Å². The third-order valence-electron chi connectivity index (χ3n) is 2.98. The van der Waals surface area contributed by atoms with Crippen LogP contribution in [0.5, 0.6) is 0 Å². The highest BCUT2D eigenvalue weighted by atomic mass is 32.2. The standard InChI is InChI=1S/C12H15NO3S/c1-9-8-10(2-3-11(9)12(14)15)13-4-6-17(16)7-5-13/h2-3,8H,4-7H2,1H3,(H,14,15). The molecule has 1 aliphatic rings. The Morgan fingerprint density at radius 2 is 2.00 bits per heavy atom. The van der Waals surface area contributed by atoms with E-state index in [2.05, 4.69) is 4.90 Å². The molecule has 17 heavy (non-hydrogen) atoms. The number of aryl methyl sites for hydroxylation is 1. The van der Waals surface area contributed by atoms with Crippen LogP contribution in [-0.2, 0) is 10.8 Å². The van der Waals surface area contributed by atoms with Crippen LogP contribution in [0.3, 0.4) is 0 Å². The fourth-order valence-electron chi connectivity index (χ4n) is 1.98. The summed E-state index contributed by atoms with van der Waals surface area (Å²) in [6, 6.07) is 5.35. The lowest BCUT2D eigenvalue weighted by molar-refractivity contribution is 0.0696. The zero-order valence-electron chi connectivity index (χ0n) is 9.68. The number of carboxylic acids is 1. The fourth-order valence-corrected chi connectivity index (χ4v) is 3.03. The second-order valence-electron chi connectivity index (χ2n) is 4.14. The second kappa shape index (κ2) is 4.87. The first-order chi connectivity index (χ1) is 8.08. The molecule has 1 aliphatic heterocycles. The second-order valence-corrected chi connectivity index (χ2v) is 5.84. The Kier molecular flexibility index (Phi) is 3.47. The topological polar surface area (TPSA) is 57.6 Å². The minimum absolute atomic E-state index is 0.342. The number of aromatic carboxylic acids is 1. The van der Waals surface area contributed by atoms with Gasteiger partial charge in [-0.3, -0.25) is 4.21 Å². The molecule has 0 aliphatic carbocycles. The van der Waals surface area contributed by atoms with Crippen LogP contribution in [0, 0.1) is 6.92 Å². The molecule has 0 unspecified atom stereocenters. The van der Waals surface area contributed by atoms with Gasteiger partial charge in [-0.15, -0.1) is 0 Å². The molecule has 92 valence electrons. The fraction of sp³-hybridized carbons (Fsp3) is 0.417. The van der Waals surface area contributed by atoms with Crippen molar-refractivity contribution >= 4 is 22.5 Å². The molecule has 5 heteroatoms. The van der Waals surface area contributed by atoms with Crippen LogP contribution in [0.1, 0.15) is 15.9 Å². The Bertz CT molecular complexity index is 463. The van der Waals surface area contributed by atoms with E-state index in [4.69, 9.17) is 5.11 Å². The van der Waals surface area contributed by atoms with Crippen LogP contribution >= 0.6 is 0 Å². The van der Waals surface area contributed by atoms with Gasteiger partial charge in [0.15, 0.2) is 0 Å². The van der Waals surface area contributed by atoms with Crippen LogP contribution in [0.2, 0.25) is 0 Å². The molecule has 1 heterocycles. The Morgan fingerprint density at radius 3 is 2.53 bits per heavy atom. The van der Waals surface area contributed by atoms with E-state index in [1.54, 1.807) is 13.0 Å². The number of rotatable bonds is 2. The number of anilines is 1. The molecule has 0 saturated carbocycles. The van der Waals surface area contributed by atoms with Gasteiger partial charge in [-0.1, -0.05) is 0 Å². The summed E-state index contributed by atoms with van der Waals surface area (Å²) in [6.45, 7) is 3.35. The van der Waals surface area contributed by atoms with Gasteiger partial charge in [0.05, 0.1) is 5.56 Å². The maximum atomic E-state index is 11.3. The van der Waals surface area contributed by atoms with Gasteiger partial charge in [0.25, 0.3) is 0 Å². The zero-order valence-corrected chi connectivity index (χ0v) is 10.5. The third kappa shape index (κ3) is 2.66. The first kappa shape index (κ1) is 12.1. The van der Waals surface area contributed by atoms with Gasteiger partial charge in [0.2, 0.25) is 0 Å². The smallest absolute Gasteiger partial charge is 0.335 e.